The third-order valence-electron chi connectivity index (χ3n) is 4.18. The molecule has 0 aliphatic heterocycles. The minimum Gasteiger partial charge on any atom is -0.370 e. The van der Waals surface area contributed by atoms with Crippen LogP contribution in [0.1, 0.15) is 33.2 Å². The molecule has 0 saturated carbocycles. The first-order chi connectivity index (χ1) is 13.5. The van der Waals surface area contributed by atoms with Crippen molar-refractivity contribution in [3.05, 3.63) is 89.4 Å². The fourth-order valence-electron chi connectivity index (χ4n) is 2.67. The van der Waals surface area contributed by atoms with Crippen LogP contribution in [0.3, 0.4) is 0 Å². The Morgan fingerprint density at radius 2 is 1.79 bits per heavy atom. The molecule has 2 aromatic carbocycles. The monoisotopic (exact) mass is 377 g/mol. The molecule has 0 atom stereocenters. The zero-order valence-electron chi connectivity index (χ0n) is 15.4. The van der Waals surface area contributed by atoms with E-state index in [4.69, 9.17) is 0 Å². The molecule has 0 radical (unpaired) electrons. The summed E-state index contributed by atoms with van der Waals surface area (Å²) in [6, 6.07) is 16.4. The van der Waals surface area contributed by atoms with E-state index in [2.05, 4.69) is 15.6 Å². The molecule has 1 aromatic heterocycles. The quantitative estimate of drug-likeness (QED) is 0.601. The summed E-state index contributed by atoms with van der Waals surface area (Å²) >= 11 is 0. The second kappa shape index (κ2) is 8.90. The Kier molecular flexibility index (Phi) is 6.11. The Balaban J connectivity index is 1.60. The molecule has 1 amide bonds. The van der Waals surface area contributed by atoms with E-state index in [0.717, 1.165) is 5.56 Å². The van der Waals surface area contributed by atoms with E-state index >= 15 is 0 Å². The predicted molar refractivity (Wildman–Crippen MR) is 107 cm³/mol. The van der Waals surface area contributed by atoms with E-state index < -0.39 is 0 Å². The number of carbonyl (C=O) groups excluding carboxylic acids is 2. The smallest absolute Gasteiger partial charge is 0.255 e. The van der Waals surface area contributed by atoms with Crippen molar-refractivity contribution in [1.82, 2.24) is 4.98 Å². The van der Waals surface area contributed by atoms with Crippen LogP contribution >= 0.6 is 0 Å². The molecule has 142 valence electrons. The topological polar surface area (TPSA) is 71.1 Å². The number of ketones is 1. The Labute approximate surface area is 162 Å². The van der Waals surface area contributed by atoms with E-state index in [0.29, 0.717) is 35.6 Å². The number of amides is 1. The number of carbonyl (C=O) groups is 2. The maximum absolute atomic E-state index is 12.9. The van der Waals surface area contributed by atoms with Gasteiger partial charge in [-0.2, -0.15) is 0 Å². The number of Topliss-reactive ketones (excluding diaryl/α,β-unsaturated/α-hetero) is 1. The molecule has 28 heavy (non-hydrogen) atoms. The van der Waals surface area contributed by atoms with Gasteiger partial charge in [0.05, 0.1) is 0 Å². The average Bonchev–Trinajstić information content (AvgIpc) is 2.70. The molecule has 3 rings (SSSR count). The van der Waals surface area contributed by atoms with E-state index in [1.165, 1.54) is 19.1 Å². The van der Waals surface area contributed by atoms with Gasteiger partial charge in [-0.25, -0.2) is 9.37 Å². The number of halogens is 1. The van der Waals surface area contributed by atoms with E-state index in [1.54, 1.807) is 54.7 Å². The Hall–Kier alpha value is -3.54. The number of hydrogen-bond donors (Lipinski definition) is 2. The van der Waals surface area contributed by atoms with Gasteiger partial charge in [0.1, 0.15) is 11.6 Å². The number of anilines is 2. The molecule has 0 unspecified atom stereocenters. The Morgan fingerprint density at radius 1 is 1.00 bits per heavy atom. The number of rotatable bonds is 7. The van der Waals surface area contributed by atoms with Crippen molar-refractivity contribution >= 4 is 23.2 Å². The van der Waals surface area contributed by atoms with Gasteiger partial charge in [0.25, 0.3) is 5.91 Å². The van der Waals surface area contributed by atoms with Gasteiger partial charge in [-0.1, -0.05) is 24.3 Å². The molecule has 0 aliphatic rings. The first kappa shape index (κ1) is 19.2. The number of hydrogen-bond acceptors (Lipinski definition) is 4. The summed E-state index contributed by atoms with van der Waals surface area (Å²) in [5.41, 5.74) is 2.55. The fourth-order valence-corrected chi connectivity index (χ4v) is 2.67. The highest BCUT2D eigenvalue weighted by Gasteiger charge is 2.09. The largest absolute Gasteiger partial charge is 0.370 e. The highest BCUT2D eigenvalue weighted by atomic mass is 19.1. The van der Waals surface area contributed by atoms with Crippen LogP contribution in [0.5, 0.6) is 0 Å². The van der Waals surface area contributed by atoms with Crippen molar-refractivity contribution in [2.45, 2.75) is 13.3 Å². The van der Waals surface area contributed by atoms with Crippen molar-refractivity contribution in [3.63, 3.8) is 0 Å². The SMILES string of the molecule is CC(=O)c1cccc(NC(=O)c2ccnc(NCCc3ccc(F)cc3)c2)c1. The lowest BCUT2D eigenvalue weighted by atomic mass is 10.1. The van der Waals surface area contributed by atoms with Crippen LogP contribution < -0.4 is 10.6 Å². The molecule has 0 bridgehead atoms. The van der Waals surface area contributed by atoms with Crippen molar-refractivity contribution in [3.8, 4) is 0 Å². The highest BCUT2D eigenvalue weighted by Crippen LogP contribution is 2.14. The zero-order chi connectivity index (χ0) is 19.9. The third kappa shape index (κ3) is 5.23. The number of pyridine rings is 1. The summed E-state index contributed by atoms with van der Waals surface area (Å²) in [4.78, 5) is 28.2. The molecule has 2 N–H and O–H groups in total. The maximum atomic E-state index is 12.9. The normalized spacial score (nSPS) is 10.4. The third-order valence-corrected chi connectivity index (χ3v) is 4.18. The maximum Gasteiger partial charge on any atom is 0.255 e. The van der Waals surface area contributed by atoms with Crippen LogP contribution in [0.4, 0.5) is 15.9 Å². The van der Waals surface area contributed by atoms with Gasteiger partial charge in [0.15, 0.2) is 5.78 Å². The highest BCUT2D eigenvalue weighted by molar-refractivity contribution is 6.05. The molecular formula is C22H20FN3O2. The summed E-state index contributed by atoms with van der Waals surface area (Å²) in [5.74, 6) is -0.0319. The van der Waals surface area contributed by atoms with Crippen molar-refractivity contribution in [1.29, 1.82) is 0 Å². The second-order valence-electron chi connectivity index (χ2n) is 6.32. The molecule has 6 heteroatoms. The summed E-state index contributed by atoms with van der Waals surface area (Å²) in [6.07, 6.45) is 2.26. The van der Waals surface area contributed by atoms with E-state index in [1.807, 2.05) is 0 Å². The van der Waals surface area contributed by atoms with Crippen molar-refractivity contribution < 1.29 is 14.0 Å². The lowest BCUT2D eigenvalue weighted by molar-refractivity contribution is 0.101. The van der Waals surface area contributed by atoms with Gasteiger partial charge in [-0.15, -0.1) is 0 Å². The van der Waals surface area contributed by atoms with Crippen molar-refractivity contribution in [2.75, 3.05) is 17.2 Å². The van der Waals surface area contributed by atoms with Crippen molar-refractivity contribution in [2.24, 2.45) is 0 Å². The van der Waals surface area contributed by atoms with Gasteiger partial charge < -0.3 is 10.6 Å². The summed E-state index contributed by atoms with van der Waals surface area (Å²) in [6.45, 7) is 2.08. The van der Waals surface area contributed by atoms with Gasteiger partial charge in [-0.3, -0.25) is 9.59 Å². The average molecular weight is 377 g/mol. The lowest BCUT2D eigenvalue weighted by Gasteiger charge is -2.09. The van der Waals surface area contributed by atoms with E-state index in [9.17, 15) is 14.0 Å². The molecule has 0 aliphatic carbocycles. The first-order valence-electron chi connectivity index (χ1n) is 8.88. The van der Waals surface area contributed by atoms with Crippen LogP contribution in [0, 0.1) is 5.82 Å². The van der Waals surface area contributed by atoms with Gasteiger partial charge in [-0.05, 0) is 55.3 Å². The molecule has 0 saturated heterocycles. The summed E-state index contributed by atoms with van der Waals surface area (Å²) < 4.78 is 12.9. The minimum absolute atomic E-state index is 0.0624. The fraction of sp³-hybridized carbons (Fsp3) is 0.136. The van der Waals surface area contributed by atoms with Crippen LogP contribution in [-0.2, 0) is 6.42 Å². The summed E-state index contributed by atoms with van der Waals surface area (Å²) in [5, 5.41) is 5.95. The number of nitrogens with one attached hydrogen (secondary N) is 2. The molecule has 1 heterocycles. The molecular weight excluding hydrogens is 357 g/mol. The van der Waals surface area contributed by atoms with Gasteiger partial charge in [0.2, 0.25) is 0 Å². The molecule has 5 nitrogen and oxygen atoms in total. The van der Waals surface area contributed by atoms with Gasteiger partial charge in [0, 0.05) is 29.6 Å². The Bertz CT molecular complexity index is 987. The van der Waals surface area contributed by atoms with Crippen LogP contribution in [0.2, 0.25) is 0 Å². The van der Waals surface area contributed by atoms with Crippen LogP contribution in [-0.4, -0.2) is 23.2 Å². The standard InChI is InChI=1S/C22H20FN3O2/c1-15(27)17-3-2-4-20(13-17)26-22(28)18-10-12-25-21(14-18)24-11-9-16-5-7-19(23)8-6-16/h2-8,10,12-14H,9,11H2,1H3,(H,24,25)(H,26,28). The molecule has 3 aromatic rings. The summed E-state index contributed by atoms with van der Waals surface area (Å²) in [7, 11) is 0. The Morgan fingerprint density at radius 3 is 2.54 bits per heavy atom. The lowest BCUT2D eigenvalue weighted by Crippen LogP contribution is -2.13. The van der Waals surface area contributed by atoms with Crippen LogP contribution in [0.25, 0.3) is 0 Å². The number of benzene rings is 2. The second-order valence-corrected chi connectivity index (χ2v) is 6.32. The minimum atomic E-state index is -0.287. The first-order valence-corrected chi connectivity index (χ1v) is 8.88. The van der Waals surface area contributed by atoms with E-state index in [-0.39, 0.29) is 17.5 Å². The van der Waals surface area contributed by atoms with Crippen LogP contribution in [0.15, 0.2) is 66.9 Å². The number of nitrogens with zero attached hydrogens (tertiary/aromatic N) is 1. The molecule has 0 spiro atoms. The predicted octanol–water partition coefficient (Wildman–Crippen LogP) is 4.33. The van der Waals surface area contributed by atoms with Gasteiger partial charge >= 0.3 is 0 Å². The molecule has 0 fully saturated rings. The number of aromatic nitrogens is 1. The zero-order valence-corrected chi connectivity index (χ0v) is 15.4.